The van der Waals surface area contributed by atoms with Gasteiger partial charge < -0.3 is 9.80 Å². The number of aromatic nitrogens is 5. The standard InChI is InChI=1S/C25H27N7/c1-3-7-21(8-4-1)20-32-25(27-28-29-32)24(23-9-5-2-6-10-23)31-17-15-30(16-18-31)19-22-11-13-26-14-12-22/h1-14,24H,15-20H2/p+2/t24-/m0/s1. The van der Waals surface area contributed by atoms with Crippen LogP contribution in [0.15, 0.2) is 85.2 Å². The van der Waals surface area contributed by atoms with E-state index in [9.17, 15) is 0 Å². The molecule has 2 aromatic heterocycles. The Bertz CT molecular complexity index is 1090. The molecule has 0 unspecified atom stereocenters. The van der Waals surface area contributed by atoms with Crippen molar-refractivity contribution in [3.05, 3.63) is 108 Å². The molecule has 0 bridgehead atoms. The van der Waals surface area contributed by atoms with Gasteiger partial charge in [-0.05, 0) is 28.1 Å². The van der Waals surface area contributed by atoms with E-state index in [2.05, 4.69) is 87.2 Å². The highest BCUT2D eigenvalue weighted by molar-refractivity contribution is 5.23. The molecule has 0 saturated carbocycles. The van der Waals surface area contributed by atoms with Gasteiger partial charge in [-0.1, -0.05) is 60.7 Å². The van der Waals surface area contributed by atoms with E-state index >= 15 is 0 Å². The van der Waals surface area contributed by atoms with E-state index in [1.54, 1.807) is 4.90 Å². The highest BCUT2D eigenvalue weighted by Gasteiger charge is 2.35. The van der Waals surface area contributed by atoms with Crippen LogP contribution < -0.4 is 9.80 Å². The third-order valence-electron chi connectivity index (χ3n) is 6.34. The molecule has 1 aliphatic heterocycles. The van der Waals surface area contributed by atoms with Crippen LogP contribution in [-0.2, 0) is 13.1 Å². The summed E-state index contributed by atoms with van der Waals surface area (Å²) >= 11 is 0. The van der Waals surface area contributed by atoms with Gasteiger partial charge in [0.1, 0.15) is 32.7 Å². The lowest BCUT2D eigenvalue weighted by Crippen LogP contribution is -3.27. The molecule has 3 heterocycles. The largest absolute Gasteiger partial charge is 0.322 e. The summed E-state index contributed by atoms with van der Waals surface area (Å²) in [5.41, 5.74) is 3.82. The monoisotopic (exact) mass is 427 g/mol. The molecule has 7 nitrogen and oxygen atoms in total. The zero-order valence-electron chi connectivity index (χ0n) is 18.1. The van der Waals surface area contributed by atoms with Crippen molar-refractivity contribution in [2.24, 2.45) is 0 Å². The van der Waals surface area contributed by atoms with Crippen molar-refractivity contribution in [1.29, 1.82) is 0 Å². The van der Waals surface area contributed by atoms with Gasteiger partial charge in [0.2, 0.25) is 5.82 Å². The molecule has 5 rings (SSSR count). The van der Waals surface area contributed by atoms with E-state index in [1.807, 2.05) is 23.1 Å². The third kappa shape index (κ3) is 4.74. The first-order valence-electron chi connectivity index (χ1n) is 11.3. The summed E-state index contributed by atoms with van der Waals surface area (Å²) in [6, 6.07) is 25.5. The maximum atomic E-state index is 4.52. The molecule has 0 radical (unpaired) electrons. The number of tetrazole rings is 1. The molecule has 0 aliphatic carbocycles. The summed E-state index contributed by atoms with van der Waals surface area (Å²) in [7, 11) is 0. The van der Waals surface area contributed by atoms with E-state index < -0.39 is 0 Å². The molecule has 1 atom stereocenters. The van der Waals surface area contributed by atoms with Crippen molar-refractivity contribution in [2.75, 3.05) is 26.2 Å². The van der Waals surface area contributed by atoms with Crippen molar-refractivity contribution in [2.45, 2.75) is 19.1 Å². The Kier molecular flexibility index (Phi) is 6.28. The lowest BCUT2D eigenvalue weighted by molar-refractivity contribution is -1.03. The number of quaternary nitrogens is 2. The number of hydrogen-bond acceptors (Lipinski definition) is 4. The normalized spacial score (nSPS) is 19.5. The molecular weight excluding hydrogens is 398 g/mol. The molecule has 4 aromatic rings. The third-order valence-corrected chi connectivity index (χ3v) is 6.34. The van der Waals surface area contributed by atoms with Crippen LogP contribution in [0.5, 0.6) is 0 Å². The molecule has 0 amide bonds. The Labute approximate surface area is 188 Å². The van der Waals surface area contributed by atoms with Crippen LogP contribution in [0.1, 0.15) is 28.6 Å². The first kappa shape index (κ1) is 20.5. The van der Waals surface area contributed by atoms with Crippen LogP contribution in [0, 0.1) is 0 Å². The van der Waals surface area contributed by atoms with Gasteiger partial charge in [0, 0.05) is 23.5 Å². The van der Waals surface area contributed by atoms with Gasteiger partial charge in [-0.3, -0.25) is 4.98 Å². The predicted octanol–water partition coefficient (Wildman–Crippen LogP) is 0.189. The fourth-order valence-corrected chi connectivity index (χ4v) is 4.68. The van der Waals surface area contributed by atoms with Gasteiger partial charge in [0.25, 0.3) is 0 Å². The van der Waals surface area contributed by atoms with E-state index in [0.717, 1.165) is 38.5 Å². The van der Waals surface area contributed by atoms with Crippen molar-refractivity contribution in [1.82, 2.24) is 25.2 Å². The van der Waals surface area contributed by atoms with E-state index in [-0.39, 0.29) is 6.04 Å². The Morgan fingerprint density at radius 2 is 1.47 bits per heavy atom. The Balaban J connectivity index is 1.36. The molecule has 1 fully saturated rings. The van der Waals surface area contributed by atoms with Crippen molar-refractivity contribution < 1.29 is 9.80 Å². The first-order chi connectivity index (χ1) is 15.9. The molecule has 32 heavy (non-hydrogen) atoms. The maximum absolute atomic E-state index is 4.52. The molecule has 1 aliphatic rings. The highest BCUT2D eigenvalue weighted by Crippen LogP contribution is 2.17. The van der Waals surface area contributed by atoms with Gasteiger partial charge in [-0.2, -0.15) is 0 Å². The van der Waals surface area contributed by atoms with Gasteiger partial charge in [0.05, 0.1) is 6.54 Å². The molecule has 2 N–H and O–H groups in total. The van der Waals surface area contributed by atoms with E-state index in [0.29, 0.717) is 6.54 Å². The number of hydrogen-bond donors (Lipinski definition) is 2. The summed E-state index contributed by atoms with van der Waals surface area (Å²) in [6.45, 7) is 6.15. The minimum atomic E-state index is 0.123. The number of nitrogens with one attached hydrogen (secondary N) is 2. The summed E-state index contributed by atoms with van der Waals surface area (Å²) < 4.78 is 1.97. The Morgan fingerprint density at radius 3 is 2.19 bits per heavy atom. The lowest BCUT2D eigenvalue weighted by Gasteiger charge is -2.34. The quantitative estimate of drug-likeness (QED) is 0.442. The number of rotatable bonds is 7. The molecule has 162 valence electrons. The van der Waals surface area contributed by atoms with Crippen LogP contribution in [0.25, 0.3) is 0 Å². The van der Waals surface area contributed by atoms with Crippen LogP contribution in [0.3, 0.4) is 0 Å². The van der Waals surface area contributed by atoms with E-state index in [4.69, 9.17) is 0 Å². The number of benzene rings is 2. The average Bonchev–Trinajstić information content (AvgIpc) is 3.30. The summed E-state index contributed by atoms with van der Waals surface area (Å²) in [5.74, 6) is 0.938. The summed E-state index contributed by atoms with van der Waals surface area (Å²) in [6.07, 6.45) is 3.77. The van der Waals surface area contributed by atoms with Crippen molar-refractivity contribution >= 4 is 0 Å². The summed E-state index contributed by atoms with van der Waals surface area (Å²) in [5, 5.41) is 12.9. The first-order valence-corrected chi connectivity index (χ1v) is 11.3. The van der Waals surface area contributed by atoms with Crippen molar-refractivity contribution in [3.8, 4) is 0 Å². The molecule has 1 saturated heterocycles. The zero-order valence-corrected chi connectivity index (χ0v) is 18.1. The fraction of sp³-hybridized carbons (Fsp3) is 0.280. The second-order valence-corrected chi connectivity index (χ2v) is 8.46. The number of piperazine rings is 1. The van der Waals surface area contributed by atoms with Crippen molar-refractivity contribution in [3.63, 3.8) is 0 Å². The summed E-state index contributed by atoms with van der Waals surface area (Å²) in [4.78, 5) is 7.29. The molecule has 2 aromatic carbocycles. The van der Waals surface area contributed by atoms with Crippen LogP contribution in [0.4, 0.5) is 0 Å². The SMILES string of the molecule is c1ccc(Cn2nnnc2[C@H](c2ccccc2)[NH+]2CC[NH+](Cc3ccncc3)CC2)cc1. The second kappa shape index (κ2) is 9.80. The van der Waals surface area contributed by atoms with Crippen LogP contribution in [0.2, 0.25) is 0 Å². The molecular formula is C25H29N7+2. The van der Waals surface area contributed by atoms with Crippen LogP contribution in [-0.4, -0.2) is 51.4 Å². The van der Waals surface area contributed by atoms with Crippen LogP contribution >= 0.6 is 0 Å². The molecule has 0 spiro atoms. The minimum Gasteiger partial charge on any atom is -0.322 e. The lowest BCUT2D eigenvalue weighted by atomic mass is 10.0. The topological polar surface area (TPSA) is 65.4 Å². The maximum Gasteiger partial charge on any atom is 0.214 e. The van der Waals surface area contributed by atoms with Gasteiger partial charge in [0.15, 0.2) is 6.04 Å². The Morgan fingerprint density at radius 1 is 0.781 bits per heavy atom. The minimum absolute atomic E-state index is 0.123. The van der Waals surface area contributed by atoms with E-state index in [1.165, 1.54) is 21.6 Å². The second-order valence-electron chi connectivity index (χ2n) is 8.46. The van der Waals surface area contributed by atoms with Gasteiger partial charge >= 0.3 is 0 Å². The Hall–Kier alpha value is -3.42. The van der Waals surface area contributed by atoms with Gasteiger partial charge in [-0.15, -0.1) is 5.10 Å². The predicted molar refractivity (Wildman–Crippen MR) is 121 cm³/mol. The fourth-order valence-electron chi connectivity index (χ4n) is 4.68. The average molecular weight is 428 g/mol. The smallest absolute Gasteiger partial charge is 0.214 e. The molecule has 7 heteroatoms. The highest BCUT2D eigenvalue weighted by atomic mass is 15.6. The van der Waals surface area contributed by atoms with Gasteiger partial charge in [-0.25, -0.2) is 4.68 Å². The number of nitrogens with zero attached hydrogens (tertiary/aromatic N) is 5. The number of pyridine rings is 1. The zero-order chi connectivity index (χ0) is 21.6.